The van der Waals surface area contributed by atoms with Crippen LogP contribution in [0.5, 0.6) is 5.75 Å². The van der Waals surface area contributed by atoms with E-state index in [2.05, 4.69) is 4.74 Å². The van der Waals surface area contributed by atoms with Gasteiger partial charge in [-0.1, -0.05) is 30.3 Å². The Morgan fingerprint density at radius 3 is 2.74 bits per heavy atom. The summed E-state index contributed by atoms with van der Waals surface area (Å²) in [5.74, 6) is -4.13. The van der Waals surface area contributed by atoms with Crippen LogP contribution in [0, 0.1) is 5.82 Å². The first-order valence-corrected chi connectivity index (χ1v) is 16.4. The van der Waals surface area contributed by atoms with E-state index in [0.29, 0.717) is 34.7 Å². The molecule has 46 heavy (non-hydrogen) atoms. The largest absolute Gasteiger partial charge is 0.510 e. The Hall–Kier alpha value is -4.43. The van der Waals surface area contributed by atoms with Crippen LogP contribution in [0.15, 0.2) is 58.8 Å². The predicted octanol–water partition coefficient (Wildman–Crippen LogP) is 5.72. The third kappa shape index (κ3) is 4.12. The molecule has 0 spiro atoms. The average Bonchev–Trinajstić information content (AvgIpc) is 3.41. The van der Waals surface area contributed by atoms with Crippen LogP contribution in [0.2, 0.25) is 0 Å². The molecule has 9 nitrogen and oxygen atoms in total. The van der Waals surface area contributed by atoms with Gasteiger partial charge in [-0.2, -0.15) is 11.8 Å². The number of rotatable bonds is 4. The van der Waals surface area contributed by atoms with E-state index in [1.807, 2.05) is 29.3 Å². The van der Waals surface area contributed by atoms with Crippen molar-refractivity contribution in [3.8, 4) is 27.3 Å². The van der Waals surface area contributed by atoms with Crippen molar-refractivity contribution in [1.29, 1.82) is 0 Å². The summed E-state index contributed by atoms with van der Waals surface area (Å²) in [6.07, 6.45) is -0.758. The number of carbonyl (C=O) groups is 2. The Bertz CT molecular complexity index is 2010. The molecular weight excluding hydrogens is 643 g/mol. The molecule has 1 fully saturated rings. The minimum atomic E-state index is -3.45. The van der Waals surface area contributed by atoms with Gasteiger partial charge in [-0.05, 0) is 33.7 Å². The zero-order chi connectivity index (χ0) is 31.9. The molecule has 4 aromatic rings. The van der Waals surface area contributed by atoms with Gasteiger partial charge < -0.3 is 19.1 Å². The first-order chi connectivity index (χ1) is 22.2. The lowest BCUT2D eigenvalue weighted by atomic mass is 9.80. The third-order valence-corrected chi connectivity index (χ3v) is 10.9. The number of nitrogens with zero attached hydrogens (tertiary/aromatic N) is 3. The zero-order valence-corrected chi connectivity index (χ0v) is 25.8. The highest BCUT2D eigenvalue weighted by molar-refractivity contribution is 7.99. The van der Waals surface area contributed by atoms with Crippen LogP contribution in [0.3, 0.4) is 0 Å². The third-order valence-electron chi connectivity index (χ3n) is 8.84. The number of aromatic nitrogens is 1. The lowest BCUT2D eigenvalue weighted by Gasteiger charge is -2.51. The number of amides is 1. The number of carbonyl (C=O) groups excluding carboxylic acids is 2. The van der Waals surface area contributed by atoms with E-state index >= 15 is 13.2 Å². The Labute approximate surface area is 268 Å². The first-order valence-electron chi connectivity index (χ1n) is 14.4. The van der Waals surface area contributed by atoms with Gasteiger partial charge in [0.25, 0.3) is 11.8 Å². The molecule has 14 heteroatoms. The highest BCUT2D eigenvalue weighted by atomic mass is 32.2. The molecular formula is C32H24F3N3O6S2. The van der Waals surface area contributed by atoms with E-state index in [-0.39, 0.29) is 17.0 Å². The summed E-state index contributed by atoms with van der Waals surface area (Å²) in [5, 5.41) is 3.62. The number of alkyl halides is 2. The number of thioether (sulfide) groups is 1. The number of fused-ring (bicyclic) bond motifs is 4. The lowest BCUT2D eigenvalue weighted by molar-refractivity contribution is -0.00826. The topological polar surface area (TPSA) is 90.3 Å². The Morgan fingerprint density at radius 1 is 1.09 bits per heavy atom. The fourth-order valence-corrected chi connectivity index (χ4v) is 9.18. The standard InChI is InChI=1S/C32H24F3N3O6S2/c1-42-31(41)44-15-43-28-21(39)8-9-37-27(28)30(40)36-10-11-45-14-22(36)38(37)26-17-4-2-3-5-18(17)29-23-16(13-46-29)12-32(34,35)25-20(33)7-6-19(26)24(23)25/h2-9,13,22,26H,10-12,14-15H2,1H3. The number of methoxy groups -OCH3 is 1. The number of hydrogen-bond acceptors (Lipinski definition) is 9. The molecule has 0 radical (unpaired) electrons. The van der Waals surface area contributed by atoms with Gasteiger partial charge in [-0.15, -0.1) is 11.3 Å². The van der Waals surface area contributed by atoms with Gasteiger partial charge in [0, 0.05) is 52.7 Å². The van der Waals surface area contributed by atoms with Crippen LogP contribution in [0.25, 0.3) is 21.6 Å². The molecule has 4 heterocycles. The van der Waals surface area contributed by atoms with E-state index < -0.39 is 60.2 Å². The summed E-state index contributed by atoms with van der Waals surface area (Å²) < 4.78 is 63.7. The van der Waals surface area contributed by atoms with Gasteiger partial charge in [0.1, 0.15) is 12.0 Å². The summed E-state index contributed by atoms with van der Waals surface area (Å²) in [4.78, 5) is 41.3. The minimum Gasteiger partial charge on any atom is -0.451 e. The maximum atomic E-state index is 15.8. The van der Waals surface area contributed by atoms with Crippen LogP contribution in [0.4, 0.5) is 18.0 Å². The minimum absolute atomic E-state index is 0.109. The van der Waals surface area contributed by atoms with E-state index in [1.54, 1.807) is 28.1 Å². The van der Waals surface area contributed by atoms with Crippen molar-refractivity contribution >= 4 is 35.2 Å². The highest BCUT2D eigenvalue weighted by Gasteiger charge is 2.50. The van der Waals surface area contributed by atoms with Crippen molar-refractivity contribution in [2.75, 3.05) is 37.0 Å². The molecule has 0 saturated carbocycles. The van der Waals surface area contributed by atoms with Crippen molar-refractivity contribution in [2.45, 2.75) is 24.6 Å². The van der Waals surface area contributed by atoms with Gasteiger partial charge in [-0.25, -0.2) is 18.0 Å². The second-order valence-corrected chi connectivity index (χ2v) is 13.2. The molecule has 4 aliphatic rings. The Balaban J connectivity index is 1.41. The van der Waals surface area contributed by atoms with Crippen LogP contribution < -0.4 is 15.2 Å². The molecule has 2 aliphatic heterocycles. The molecule has 2 unspecified atom stereocenters. The zero-order valence-electron chi connectivity index (χ0n) is 24.1. The normalized spacial score (nSPS) is 20.1. The van der Waals surface area contributed by atoms with Crippen molar-refractivity contribution in [2.24, 2.45) is 0 Å². The van der Waals surface area contributed by atoms with Crippen molar-refractivity contribution in [3.05, 3.63) is 98.0 Å². The van der Waals surface area contributed by atoms with Crippen LogP contribution in [-0.4, -0.2) is 59.8 Å². The van der Waals surface area contributed by atoms with Crippen molar-refractivity contribution in [3.63, 3.8) is 0 Å². The summed E-state index contributed by atoms with van der Waals surface area (Å²) in [7, 11) is 1.12. The van der Waals surface area contributed by atoms with Gasteiger partial charge in [-0.3, -0.25) is 19.3 Å². The molecule has 2 aromatic heterocycles. The van der Waals surface area contributed by atoms with Crippen LogP contribution >= 0.6 is 23.1 Å². The van der Waals surface area contributed by atoms with E-state index in [4.69, 9.17) is 9.47 Å². The summed E-state index contributed by atoms with van der Waals surface area (Å²) in [6.45, 7) is -0.349. The summed E-state index contributed by atoms with van der Waals surface area (Å²) >= 11 is 2.99. The summed E-state index contributed by atoms with van der Waals surface area (Å²) in [6, 6.07) is 10.6. The second kappa shape index (κ2) is 10.6. The van der Waals surface area contributed by atoms with Gasteiger partial charge >= 0.3 is 6.16 Å². The highest BCUT2D eigenvalue weighted by Crippen LogP contribution is 2.58. The fourth-order valence-electron chi connectivity index (χ4n) is 7.02. The van der Waals surface area contributed by atoms with Gasteiger partial charge in [0.05, 0.1) is 18.7 Å². The Kier molecular flexibility index (Phi) is 6.66. The first kappa shape index (κ1) is 29.0. The molecule has 1 saturated heterocycles. The molecule has 236 valence electrons. The molecule has 8 rings (SSSR count). The monoisotopic (exact) mass is 667 g/mol. The number of halogens is 3. The number of pyridine rings is 1. The van der Waals surface area contributed by atoms with Gasteiger partial charge in [0.2, 0.25) is 18.0 Å². The maximum Gasteiger partial charge on any atom is 0.510 e. The number of ether oxygens (including phenoxy) is 3. The maximum absolute atomic E-state index is 15.8. The second-order valence-electron chi connectivity index (χ2n) is 11.2. The number of benzene rings is 2. The molecule has 0 N–H and O–H groups in total. The van der Waals surface area contributed by atoms with Crippen molar-refractivity contribution in [1.82, 2.24) is 9.58 Å². The number of thiophene rings is 1. The molecule has 0 bridgehead atoms. The smallest absolute Gasteiger partial charge is 0.451 e. The van der Waals surface area contributed by atoms with Gasteiger partial charge in [0.15, 0.2) is 5.69 Å². The quantitative estimate of drug-likeness (QED) is 0.202. The van der Waals surface area contributed by atoms with E-state index in [0.717, 1.165) is 29.2 Å². The molecule has 1 amide bonds. The average molecular weight is 668 g/mol. The molecule has 2 aliphatic carbocycles. The van der Waals surface area contributed by atoms with Crippen LogP contribution in [0.1, 0.15) is 38.8 Å². The predicted molar refractivity (Wildman–Crippen MR) is 165 cm³/mol. The van der Waals surface area contributed by atoms with Crippen molar-refractivity contribution < 1.29 is 37.0 Å². The molecule has 2 atom stereocenters. The van der Waals surface area contributed by atoms with E-state index in [1.165, 1.54) is 28.3 Å². The lowest BCUT2D eigenvalue weighted by Crippen LogP contribution is -2.65. The Morgan fingerprint density at radius 2 is 1.91 bits per heavy atom. The number of hydrogen-bond donors (Lipinski definition) is 0. The van der Waals surface area contributed by atoms with Crippen LogP contribution in [-0.2, 0) is 21.8 Å². The molecule has 2 aromatic carbocycles. The summed E-state index contributed by atoms with van der Waals surface area (Å²) in [5.41, 5.74) is 1.87. The fraction of sp³-hybridized carbons (Fsp3) is 0.281. The SMILES string of the molecule is COC(=O)OCOc1c2n(ccc1=O)N(C1c3ccccc3-c3scc4c3-c3c1ccc(F)c3C(F)(F)C4)C1CSCCN1C2=O. The van der Waals surface area contributed by atoms with E-state index in [9.17, 15) is 14.4 Å².